The molecule has 4 unspecified atom stereocenters. The highest BCUT2D eigenvalue weighted by atomic mass is 16.4. The lowest BCUT2D eigenvalue weighted by molar-refractivity contribution is -0.142. The number of carbonyl (C=O) groups is 4. The summed E-state index contributed by atoms with van der Waals surface area (Å²) in [6, 6.07) is 10.9. The zero-order valence-corrected chi connectivity index (χ0v) is 22.9. The summed E-state index contributed by atoms with van der Waals surface area (Å²) < 4.78 is 0. The van der Waals surface area contributed by atoms with Crippen molar-refractivity contribution in [2.24, 2.45) is 17.6 Å². The van der Waals surface area contributed by atoms with Crippen LogP contribution in [0.5, 0.6) is 5.75 Å². The smallest absolute Gasteiger partial charge is 0.326 e. The van der Waals surface area contributed by atoms with Crippen molar-refractivity contribution in [2.75, 3.05) is 0 Å². The van der Waals surface area contributed by atoms with Crippen LogP contribution in [0, 0.1) is 11.8 Å². The van der Waals surface area contributed by atoms with Gasteiger partial charge in [0, 0.05) is 12.8 Å². The van der Waals surface area contributed by atoms with Crippen LogP contribution in [0.1, 0.15) is 45.2 Å². The molecule has 39 heavy (non-hydrogen) atoms. The fourth-order valence-corrected chi connectivity index (χ4v) is 3.95. The summed E-state index contributed by atoms with van der Waals surface area (Å²) in [6.07, 6.45) is 0.408. The molecule has 10 heteroatoms. The van der Waals surface area contributed by atoms with Gasteiger partial charge in [0.1, 0.15) is 23.9 Å². The van der Waals surface area contributed by atoms with Gasteiger partial charge in [0.05, 0.1) is 6.04 Å². The Hall–Kier alpha value is -3.92. The number of rotatable bonds is 14. The molecule has 0 saturated heterocycles. The fraction of sp³-hybridized carbons (Fsp3) is 0.448. The number of aromatic hydroxyl groups is 1. The first kappa shape index (κ1) is 31.3. The van der Waals surface area contributed by atoms with E-state index in [1.54, 1.807) is 50.2 Å². The van der Waals surface area contributed by atoms with Crippen LogP contribution >= 0.6 is 0 Å². The van der Waals surface area contributed by atoms with E-state index in [-0.39, 0.29) is 30.4 Å². The van der Waals surface area contributed by atoms with E-state index in [1.807, 2.05) is 19.9 Å². The van der Waals surface area contributed by atoms with Gasteiger partial charge in [0.25, 0.3) is 0 Å². The van der Waals surface area contributed by atoms with E-state index in [9.17, 15) is 29.4 Å². The van der Waals surface area contributed by atoms with E-state index in [0.29, 0.717) is 12.0 Å². The highest BCUT2D eigenvalue weighted by molar-refractivity contribution is 5.94. The average molecular weight is 541 g/mol. The maximum absolute atomic E-state index is 13.4. The van der Waals surface area contributed by atoms with Crippen molar-refractivity contribution in [2.45, 2.75) is 71.1 Å². The number of amides is 3. The predicted molar refractivity (Wildman–Crippen MR) is 148 cm³/mol. The van der Waals surface area contributed by atoms with E-state index in [0.717, 1.165) is 5.56 Å². The first-order chi connectivity index (χ1) is 18.4. The number of hydrogen-bond donors (Lipinski definition) is 6. The minimum absolute atomic E-state index is 0.0214. The summed E-state index contributed by atoms with van der Waals surface area (Å²) in [5.41, 5.74) is 7.33. The summed E-state index contributed by atoms with van der Waals surface area (Å²) >= 11 is 0. The number of benzene rings is 2. The number of phenolic OH excluding ortho intramolecular Hbond substituents is 1. The molecule has 0 aromatic heterocycles. The number of nitrogens with one attached hydrogen (secondary N) is 3. The third-order valence-electron chi connectivity index (χ3n) is 6.27. The Balaban J connectivity index is 2.26. The second kappa shape index (κ2) is 14.9. The second-order valence-corrected chi connectivity index (χ2v) is 10.5. The van der Waals surface area contributed by atoms with Crippen LogP contribution in [0.2, 0.25) is 0 Å². The molecule has 0 bridgehead atoms. The molecule has 2 rings (SSSR count). The molecule has 0 aliphatic carbocycles. The Morgan fingerprint density at radius 1 is 0.718 bits per heavy atom. The molecule has 2 aromatic carbocycles. The first-order valence-corrected chi connectivity index (χ1v) is 13.1. The van der Waals surface area contributed by atoms with Gasteiger partial charge in [-0.3, -0.25) is 14.4 Å². The van der Waals surface area contributed by atoms with Crippen molar-refractivity contribution in [1.29, 1.82) is 0 Å². The highest BCUT2D eigenvalue weighted by Gasteiger charge is 2.31. The second-order valence-electron chi connectivity index (χ2n) is 10.5. The fourth-order valence-electron chi connectivity index (χ4n) is 3.95. The Labute approximate surface area is 229 Å². The number of nitrogens with two attached hydrogens (primary N) is 1. The van der Waals surface area contributed by atoms with Crippen molar-refractivity contribution >= 4 is 23.7 Å². The van der Waals surface area contributed by atoms with Crippen molar-refractivity contribution in [3.8, 4) is 5.75 Å². The van der Waals surface area contributed by atoms with Gasteiger partial charge in [-0.2, -0.15) is 0 Å². The zero-order valence-electron chi connectivity index (χ0n) is 22.9. The van der Waals surface area contributed by atoms with Crippen LogP contribution in [0.25, 0.3) is 0 Å². The molecule has 4 atom stereocenters. The molecule has 0 saturated carbocycles. The predicted octanol–water partition coefficient (Wildman–Crippen LogP) is 1.75. The molecule has 212 valence electrons. The van der Waals surface area contributed by atoms with Crippen LogP contribution in [0.3, 0.4) is 0 Å². The maximum Gasteiger partial charge on any atom is 0.326 e. The standard InChI is InChI=1S/C29H40N4O6/c1-17(2)14-22(32-28(37)25(30)18(3)4)26(35)31-23(15-19-8-6-5-7-9-19)27(36)33-24(29(38)39)16-20-10-12-21(34)13-11-20/h5-13,17-18,22-25,34H,14-16,30H2,1-4H3,(H,31,35)(H,32,37)(H,33,36)(H,38,39). The monoisotopic (exact) mass is 540 g/mol. The van der Waals surface area contributed by atoms with E-state index in [2.05, 4.69) is 16.0 Å². The van der Waals surface area contributed by atoms with E-state index >= 15 is 0 Å². The quantitative estimate of drug-likeness (QED) is 0.212. The summed E-state index contributed by atoms with van der Waals surface area (Å²) in [5.74, 6) is -2.98. The number of carbonyl (C=O) groups excluding carboxylic acids is 3. The number of aliphatic carboxylic acids is 1. The molecule has 0 fully saturated rings. The summed E-state index contributed by atoms with van der Waals surface area (Å²) in [6.45, 7) is 7.42. The molecule has 10 nitrogen and oxygen atoms in total. The Morgan fingerprint density at radius 3 is 1.74 bits per heavy atom. The molecule has 0 aliphatic rings. The summed E-state index contributed by atoms with van der Waals surface area (Å²) in [7, 11) is 0. The molecule has 0 heterocycles. The molecule has 2 aromatic rings. The molecule has 0 aliphatic heterocycles. The topological polar surface area (TPSA) is 171 Å². The average Bonchev–Trinajstić information content (AvgIpc) is 2.88. The minimum atomic E-state index is -1.27. The van der Waals surface area contributed by atoms with Gasteiger partial charge in [-0.25, -0.2) is 4.79 Å². The van der Waals surface area contributed by atoms with Crippen molar-refractivity contribution < 1.29 is 29.4 Å². The number of carboxylic acid groups (broad SMARTS) is 1. The maximum atomic E-state index is 13.4. The number of hydrogen-bond acceptors (Lipinski definition) is 6. The van der Waals surface area contributed by atoms with Gasteiger partial charge in [-0.15, -0.1) is 0 Å². The van der Waals surface area contributed by atoms with Crippen LogP contribution in [-0.4, -0.2) is 58.1 Å². The molecule has 0 spiro atoms. The normalized spacial score (nSPS) is 14.2. The van der Waals surface area contributed by atoms with Crippen LogP contribution in [0.15, 0.2) is 54.6 Å². The molecular weight excluding hydrogens is 500 g/mol. The lowest BCUT2D eigenvalue weighted by atomic mass is 9.99. The Bertz CT molecular complexity index is 1100. The van der Waals surface area contributed by atoms with E-state index in [1.165, 1.54) is 12.1 Å². The van der Waals surface area contributed by atoms with Gasteiger partial charge in [-0.05, 0) is 41.5 Å². The van der Waals surface area contributed by atoms with Crippen molar-refractivity contribution in [3.05, 3.63) is 65.7 Å². The van der Waals surface area contributed by atoms with Gasteiger partial charge < -0.3 is 31.9 Å². The van der Waals surface area contributed by atoms with Crippen LogP contribution in [0.4, 0.5) is 0 Å². The minimum Gasteiger partial charge on any atom is -0.508 e. The molecule has 3 amide bonds. The van der Waals surface area contributed by atoms with Gasteiger partial charge >= 0.3 is 5.97 Å². The van der Waals surface area contributed by atoms with Crippen molar-refractivity contribution in [3.63, 3.8) is 0 Å². The van der Waals surface area contributed by atoms with Gasteiger partial charge in [-0.1, -0.05) is 70.2 Å². The summed E-state index contributed by atoms with van der Waals surface area (Å²) in [5, 5.41) is 27.2. The van der Waals surface area contributed by atoms with Crippen LogP contribution < -0.4 is 21.7 Å². The first-order valence-electron chi connectivity index (χ1n) is 13.1. The van der Waals surface area contributed by atoms with Crippen LogP contribution in [-0.2, 0) is 32.0 Å². The Morgan fingerprint density at radius 2 is 1.21 bits per heavy atom. The van der Waals surface area contributed by atoms with Gasteiger partial charge in [0.2, 0.25) is 17.7 Å². The number of phenols is 1. The third kappa shape index (κ3) is 10.4. The van der Waals surface area contributed by atoms with E-state index in [4.69, 9.17) is 5.73 Å². The third-order valence-corrected chi connectivity index (χ3v) is 6.27. The highest BCUT2D eigenvalue weighted by Crippen LogP contribution is 2.13. The lowest BCUT2D eigenvalue weighted by Crippen LogP contribution is -2.58. The Kier molecular flexibility index (Phi) is 11.9. The largest absolute Gasteiger partial charge is 0.508 e. The number of carboxylic acids is 1. The summed E-state index contributed by atoms with van der Waals surface area (Å²) in [4.78, 5) is 51.3. The SMILES string of the molecule is CC(C)CC(NC(=O)C(N)C(C)C)C(=O)NC(Cc1ccccc1)C(=O)NC(Cc1ccc(O)cc1)C(=O)O. The van der Waals surface area contributed by atoms with Gasteiger partial charge in [0.15, 0.2) is 0 Å². The molecule has 0 radical (unpaired) electrons. The molecular formula is C29H40N4O6. The lowest BCUT2D eigenvalue weighted by Gasteiger charge is -2.26. The molecule has 7 N–H and O–H groups in total. The van der Waals surface area contributed by atoms with E-state index < -0.39 is 47.9 Å². The zero-order chi connectivity index (χ0) is 29.1. The van der Waals surface area contributed by atoms with Crippen molar-refractivity contribution in [1.82, 2.24) is 16.0 Å².